The Balaban J connectivity index is 1.66. The van der Waals surface area contributed by atoms with Gasteiger partial charge in [0.05, 0.1) is 22.6 Å². The van der Waals surface area contributed by atoms with Gasteiger partial charge < -0.3 is 35.3 Å². The molecule has 2 aromatic carbocycles. The summed E-state index contributed by atoms with van der Waals surface area (Å²) in [6.07, 6.45) is -1.31. The number of ketones is 2. The summed E-state index contributed by atoms with van der Waals surface area (Å²) in [6, 6.07) is 0.763. The highest BCUT2D eigenvalue weighted by Crippen LogP contribution is 2.70. The Labute approximate surface area is 276 Å². The van der Waals surface area contributed by atoms with Crippen LogP contribution in [0.1, 0.15) is 79.1 Å². The van der Waals surface area contributed by atoms with E-state index in [1.807, 2.05) is 0 Å². The van der Waals surface area contributed by atoms with Crippen molar-refractivity contribution in [3.63, 3.8) is 0 Å². The second-order valence-corrected chi connectivity index (χ2v) is 13.1. The number of fused-ring (bicyclic) bond motifs is 4. The van der Waals surface area contributed by atoms with Gasteiger partial charge in [0.15, 0.2) is 11.6 Å². The number of carbonyl (C=O) groups excluding carboxylic acids is 5. The highest BCUT2D eigenvalue weighted by molar-refractivity contribution is 6.19. The van der Waals surface area contributed by atoms with E-state index in [4.69, 9.17) is 19.9 Å². The number of aryl methyl sites for hydroxylation is 2. The largest absolute Gasteiger partial charge is 0.507 e. The zero-order valence-electron chi connectivity index (χ0n) is 26.6. The number of aromatic hydroxyl groups is 2. The molecule has 1 aliphatic heterocycles. The number of ether oxygens (including phenoxy) is 3. The number of cyclic esters (lactones) is 1. The van der Waals surface area contributed by atoms with Crippen LogP contribution < -0.4 is 11.3 Å². The number of methoxy groups -OCH3 is 1. The maximum atomic E-state index is 15.3. The summed E-state index contributed by atoms with van der Waals surface area (Å²) in [5.74, 6) is -9.72. The molecule has 254 valence electrons. The molecule has 5 N–H and O–H groups in total. The van der Waals surface area contributed by atoms with Crippen molar-refractivity contribution in [2.75, 3.05) is 13.7 Å². The van der Waals surface area contributed by atoms with Gasteiger partial charge in [-0.05, 0) is 54.7 Å². The molecule has 0 radical (unpaired) electrons. The molecule has 1 saturated carbocycles. The number of benzene rings is 2. The van der Waals surface area contributed by atoms with Crippen molar-refractivity contribution in [3.8, 4) is 11.5 Å². The van der Waals surface area contributed by atoms with Crippen molar-refractivity contribution in [3.05, 3.63) is 67.6 Å². The summed E-state index contributed by atoms with van der Waals surface area (Å²) in [5.41, 5.74) is 0.475. The number of nitrogens with two attached hydrogens (primary N) is 1. The first-order chi connectivity index (χ1) is 23.1. The van der Waals surface area contributed by atoms with E-state index in [0.29, 0.717) is 0 Å². The van der Waals surface area contributed by atoms with Crippen LogP contribution in [0, 0.1) is 25.7 Å². The van der Waals surface area contributed by atoms with Crippen molar-refractivity contribution in [2.45, 2.75) is 56.8 Å². The van der Waals surface area contributed by atoms with Crippen molar-refractivity contribution < 1.29 is 58.3 Å². The molecule has 0 saturated heterocycles. The molecule has 6 atom stereocenters. The Morgan fingerprint density at radius 3 is 2.31 bits per heavy atom. The molecular formula is C34H30N2O13. The molecule has 2 bridgehead atoms. The average molecular weight is 675 g/mol. The number of nitrogens with zero attached hydrogens (tertiary/aromatic N) is 1. The van der Waals surface area contributed by atoms with Crippen molar-refractivity contribution in [2.24, 2.45) is 17.6 Å². The summed E-state index contributed by atoms with van der Waals surface area (Å²) in [7, 11) is 1.25. The fourth-order valence-corrected chi connectivity index (χ4v) is 9.15. The third kappa shape index (κ3) is 3.73. The Morgan fingerprint density at radius 1 is 1.02 bits per heavy atom. The van der Waals surface area contributed by atoms with Crippen LogP contribution in [0.25, 0.3) is 10.8 Å². The predicted octanol–water partition coefficient (Wildman–Crippen LogP) is 1.44. The fourth-order valence-electron chi connectivity index (χ4n) is 9.15. The van der Waals surface area contributed by atoms with Gasteiger partial charge >= 0.3 is 17.9 Å². The quantitative estimate of drug-likeness (QED) is 0.260. The normalized spacial score (nSPS) is 26.5. The van der Waals surface area contributed by atoms with Gasteiger partial charge in [-0.15, -0.1) is 0 Å². The number of phenols is 2. The molecule has 0 unspecified atom stereocenters. The van der Waals surface area contributed by atoms with E-state index >= 15 is 4.79 Å². The van der Waals surface area contributed by atoms with Gasteiger partial charge in [0, 0.05) is 43.2 Å². The minimum Gasteiger partial charge on any atom is -0.507 e. The van der Waals surface area contributed by atoms with Crippen LogP contribution in [0.5, 0.6) is 11.5 Å². The maximum Gasteiger partial charge on any atom is 0.342 e. The second-order valence-electron chi connectivity index (χ2n) is 13.1. The third-order valence-corrected chi connectivity index (χ3v) is 10.7. The maximum absolute atomic E-state index is 15.3. The minimum absolute atomic E-state index is 0.0187. The van der Waals surface area contributed by atoms with Crippen molar-refractivity contribution in [1.29, 1.82) is 0 Å². The number of aromatic nitrogens is 1. The molecule has 15 nitrogen and oxygen atoms in total. The summed E-state index contributed by atoms with van der Waals surface area (Å²) < 4.78 is 18.6. The van der Waals surface area contributed by atoms with E-state index in [-0.39, 0.29) is 44.3 Å². The molecule has 15 heteroatoms. The molecule has 1 aromatic heterocycles. The van der Waals surface area contributed by atoms with Gasteiger partial charge in [0.2, 0.25) is 5.91 Å². The van der Waals surface area contributed by atoms with Gasteiger partial charge in [-0.3, -0.25) is 28.5 Å². The number of rotatable bonds is 7. The second kappa shape index (κ2) is 10.2. The zero-order chi connectivity index (χ0) is 35.6. The molecule has 4 aliphatic rings. The van der Waals surface area contributed by atoms with Gasteiger partial charge in [-0.2, -0.15) is 0 Å². The lowest BCUT2D eigenvalue weighted by atomic mass is 9.59. The number of carboxylic acids is 1. The number of carboxylic acid groups (broad SMARTS) is 1. The van der Waals surface area contributed by atoms with E-state index in [1.54, 1.807) is 13.8 Å². The van der Waals surface area contributed by atoms with Crippen LogP contribution in [-0.4, -0.2) is 75.1 Å². The van der Waals surface area contributed by atoms with Crippen LogP contribution in [0.3, 0.4) is 0 Å². The lowest BCUT2D eigenvalue weighted by Crippen LogP contribution is -2.57. The number of amides is 1. The van der Waals surface area contributed by atoms with Crippen LogP contribution in [0.15, 0.2) is 23.1 Å². The van der Waals surface area contributed by atoms with Crippen LogP contribution >= 0.6 is 0 Å². The number of hydrogen-bond acceptors (Lipinski definition) is 12. The average Bonchev–Trinajstić information content (AvgIpc) is 3.19. The van der Waals surface area contributed by atoms with E-state index in [2.05, 4.69) is 0 Å². The number of aliphatic carboxylic acids is 1. The van der Waals surface area contributed by atoms with Gasteiger partial charge in [-0.1, -0.05) is 0 Å². The summed E-state index contributed by atoms with van der Waals surface area (Å²) in [5, 5.41) is 31.9. The Hall–Kier alpha value is -5.57. The van der Waals surface area contributed by atoms with E-state index in [9.17, 15) is 44.1 Å². The zero-order valence-corrected chi connectivity index (χ0v) is 26.6. The molecule has 3 aliphatic carbocycles. The Bertz CT molecular complexity index is 2200. The van der Waals surface area contributed by atoms with Gasteiger partial charge in [0.25, 0.3) is 5.56 Å². The van der Waals surface area contributed by atoms with Crippen LogP contribution in [0.2, 0.25) is 0 Å². The molecule has 2 heterocycles. The molecule has 1 amide bonds. The Kier molecular flexibility index (Phi) is 6.67. The van der Waals surface area contributed by atoms with Crippen molar-refractivity contribution in [1.82, 2.24) is 4.57 Å². The standard InChI is InChI=1S/C34H30N2O13/c1-11-7-17(39)22-24-19(11)27(42)25-29(49-13(3)37)33(24,10-48-32(22)46)28-26(41)14-9-36(15(31(44)45)5-6-18(35)40)30(43)21-16(38)8-12(2)23(20(14)21)34(25,28)47-4/h7-9,15,25,28-29,38-39H,5-6,10H2,1-4H3,(H2,35,40)(H,44,45)/t15-,25-,28+,29-,33-,34+/m0/s1. The number of Topliss-reactive ketones (excluding diaryl/α,β-unsaturated/α-hetero) is 2. The smallest absolute Gasteiger partial charge is 0.342 e. The minimum atomic E-state index is -2.00. The predicted molar refractivity (Wildman–Crippen MR) is 164 cm³/mol. The lowest BCUT2D eigenvalue weighted by molar-refractivity contribution is -0.154. The summed E-state index contributed by atoms with van der Waals surface area (Å²) in [6.45, 7) is 3.63. The molecule has 49 heavy (non-hydrogen) atoms. The highest BCUT2D eigenvalue weighted by atomic mass is 16.6. The number of esters is 2. The Morgan fingerprint density at radius 2 is 1.69 bits per heavy atom. The first-order valence-corrected chi connectivity index (χ1v) is 15.3. The molecule has 1 spiro atoms. The highest BCUT2D eigenvalue weighted by Gasteiger charge is 2.80. The number of hydrogen-bond donors (Lipinski definition) is 4. The molecule has 3 aromatic rings. The molecule has 1 fully saturated rings. The third-order valence-electron chi connectivity index (χ3n) is 10.7. The molecular weight excluding hydrogens is 644 g/mol. The van der Waals surface area contributed by atoms with Gasteiger partial charge in [0.1, 0.15) is 41.4 Å². The number of phenolic OH excluding ortho intramolecular Hbond substituents is 2. The first kappa shape index (κ1) is 32.0. The van der Waals surface area contributed by atoms with E-state index < -0.39 is 112 Å². The number of pyridine rings is 1. The summed E-state index contributed by atoms with van der Waals surface area (Å²) in [4.78, 5) is 94.3. The first-order valence-electron chi connectivity index (χ1n) is 15.3. The fraction of sp³-hybridized carbons (Fsp3) is 0.382. The SMILES string of the molecule is CO[C@@]12c3c(C)cc(O)c4c(=O)n([C@@H](CCC(N)=O)C(=O)O)cc(c34)C(=O)[C@@H]1[C@]13COC(=O)c4c(O)cc(C)c(c41)C(=O)[C@H]2[C@@H]3OC(C)=O. The van der Waals surface area contributed by atoms with Crippen molar-refractivity contribution >= 4 is 46.2 Å². The van der Waals surface area contributed by atoms with Crippen LogP contribution in [-0.2, 0) is 39.6 Å². The monoisotopic (exact) mass is 674 g/mol. The van der Waals surface area contributed by atoms with E-state index in [0.717, 1.165) is 17.7 Å². The lowest BCUT2D eigenvalue weighted by Gasteiger charge is -2.47. The van der Waals surface area contributed by atoms with Gasteiger partial charge in [-0.25, -0.2) is 9.59 Å². The van der Waals surface area contributed by atoms with E-state index in [1.165, 1.54) is 19.2 Å². The molecule has 7 rings (SSSR count). The number of carbonyl (C=O) groups is 6. The topological polar surface area (TPSA) is 239 Å². The summed E-state index contributed by atoms with van der Waals surface area (Å²) >= 11 is 0. The number of primary amides is 1. The van der Waals surface area contributed by atoms with Crippen LogP contribution in [0.4, 0.5) is 0 Å².